The highest BCUT2D eigenvalue weighted by atomic mass is 16.1. The minimum Gasteiger partial charge on any atom is -0.383 e. The molecule has 1 atom stereocenters. The van der Waals surface area contributed by atoms with Crippen LogP contribution >= 0.6 is 0 Å². The van der Waals surface area contributed by atoms with Gasteiger partial charge in [0.25, 0.3) is 0 Å². The summed E-state index contributed by atoms with van der Waals surface area (Å²) in [6.45, 7) is 2.49. The third-order valence-corrected chi connectivity index (χ3v) is 6.09. The molecule has 31 heavy (non-hydrogen) atoms. The molecule has 8 heteroatoms. The molecule has 4 N–H and O–H groups in total. The number of nitrogens with zero attached hydrogens (tertiary/aromatic N) is 4. The first-order valence-corrected chi connectivity index (χ1v) is 10.7. The van der Waals surface area contributed by atoms with E-state index in [9.17, 15) is 4.79 Å². The molecule has 4 heterocycles. The monoisotopic (exact) mass is 417 g/mol. The largest absolute Gasteiger partial charge is 0.383 e. The molecular weight excluding hydrogens is 390 g/mol. The Morgan fingerprint density at radius 1 is 1.29 bits per heavy atom. The van der Waals surface area contributed by atoms with E-state index < -0.39 is 0 Å². The van der Waals surface area contributed by atoms with Crippen LogP contribution < -0.4 is 16.5 Å². The zero-order valence-electron chi connectivity index (χ0n) is 17.6. The topological polar surface area (TPSA) is 101 Å². The molecule has 160 valence electrons. The Kier molecular flexibility index (Phi) is 5.17. The van der Waals surface area contributed by atoms with E-state index >= 15 is 0 Å². The van der Waals surface area contributed by atoms with E-state index in [1.807, 2.05) is 48.6 Å². The molecule has 1 fully saturated rings. The molecule has 2 aliphatic rings. The number of hydrogen-bond donors (Lipinski definition) is 3. The van der Waals surface area contributed by atoms with E-state index in [0.29, 0.717) is 30.0 Å². The maximum Gasteiger partial charge on any atom is 0.172 e. The molecule has 1 saturated heterocycles. The first-order chi connectivity index (χ1) is 15.1. The third kappa shape index (κ3) is 3.68. The Hall–Kier alpha value is -3.23. The van der Waals surface area contributed by atoms with E-state index in [1.54, 1.807) is 10.7 Å². The number of aromatic nitrogens is 3. The maximum absolute atomic E-state index is 13.4. The molecule has 0 saturated carbocycles. The van der Waals surface area contributed by atoms with Gasteiger partial charge < -0.3 is 16.1 Å². The van der Waals surface area contributed by atoms with Gasteiger partial charge in [0.2, 0.25) is 0 Å². The number of Topliss-reactive ketones (excluding diaryl/α,β-unsaturated/α-hetero) is 1. The number of fused-ring (bicyclic) bond motifs is 1. The number of nitrogen functional groups attached to an aromatic ring is 1. The summed E-state index contributed by atoms with van der Waals surface area (Å²) in [4.78, 5) is 18.5. The van der Waals surface area contributed by atoms with Crippen molar-refractivity contribution in [2.45, 2.75) is 25.2 Å². The van der Waals surface area contributed by atoms with Crippen molar-refractivity contribution in [1.29, 1.82) is 0 Å². The molecule has 0 aliphatic carbocycles. The fourth-order valence-corrected chi connectivity index (χ4v) is 4.50. The quantitative estimate of drug-likeness (QED) is 0.546. The van der Waals surface area contributed by atoms with Crippen LogP contribution in [-0.4, -0.2) is 52.1 Å². The third-order valence-electron chi connectivity index (χ3n) is 6.09. The Balaban J connectivity index is 1.63. The number of benzene rings is 1. The van der Waals surface area contributed by atoms with Gasteiger partial charge in [0.15, 0.2) is 11.4 Å². The lowest BCUT2D eigenvalue weighted by Gasteiger charge is -2.25. The number of anilines is 1. The molecule has 3 aromatic rings. The Bertz CT molecular complexity index is 1150. The lowest BCUT2D eigenvalue weighted by Crippen LogP contribution is -2.31. The van der Waals surface area contributed by atoms with Gasteiger partial charge in [-0.1, -0.05) is 30.3 Å². The maximum atomic E-state index is 13.4. The highest BCUT2D eigenvalue weighted by Crippen LogP contribution is 2.32. The molecule has 1 unspecified atom stereocenters. The van der Waals surface area contributed by atoms with Crippen LogP contribution in [0.3, 0.4) is 0 Å². The van der Waals surface area contributed by atoms with E-state index in [0.717, 1.165) is 48.3 Å². The highest BCUT2D eigenvalue weighted by molar-refractivity contribution is 6.03. The lowest BCUT2D eigenvalue weighted by molar-refractivity contribution is 0.0991. The smallest absolute Gasteiger partial charge is 0.172 e. The van der Waals surface area contributed by atoms with Crippen LogP contribution in [0.5, 0.6) is 0 Å². The Morgan fingerprint density at radius 2 is 2.13 bits per heavy atom. The standard InChI is InChI=1S/C23H27N7O/c1-29-14-17(12-26-29)18-13-27-30-22(24)20(19(31)10-15-6-3-2-4-7-15)21(28-23(18)30)16-8-5-9-25-11-16/h2-4,6-7,13-14,16,25-26H,5,8-12,24H2,1H3. The van der Waals surface area contributed by atoms with Gasteiger partial charge in [0.05, 0.1) is 17.5 Å². The number of carbonyl (C=O) groups excluding carboxylic acids is 1. The molecule has 0 spiro atoms. The van der Waals surface area contributed by atoms with E-state index in [-0.39, 0.29) is 11.7 Å². The molecule has 1 aromatic carbocycles. The fraction of sp³-hybridized carbons (Fsp3) is 0.348. The zero-order valence-corrected chi connectivity index (χ0v) is 17.6. The molecule has 2 aromatic heterocycles. The number of piperidine rings is 1. The fourth-order valence-electron chi connectivity index (χ4n) is 4.50. The number of hydrazine groups is 1. The Morgan fingerprint density at radius 3 is 2.84 bits per heavy atom. The van der Waals surface area contributed by atoms with Crippen LogP contribution in [0.25, 0.3) is 11.2 Å². The SMILES string of the molecule is CN1C=C(c2cnn3c(N)c(C(=O)Cc4ccccc4)c(C4CCCNC4)nc23)CN1. The molecular formula is C23H27N7O. The second kappa shape index (κ2) is 8.13. The number of ketones is 1. The number of nitrogens with one attached hydrogen (secondary N) is 2. The van der Waals surface area contributed by atoms with Crippen LogP contribution in [0, 0.1) is 0 Å². The summed E-state index contributed by atoms with van der Waals surface area (Å²) in [5, 5.41) is 9.86. The van der Waals surface area contributed by atoms with Crippen molar-refractivity contribution >= 4 is 22.8 Å². The lowest BCUT2D eigenvalue weighted by atomic mass is 9.90. The van der Waals surface area contributed by atoms with Gasteiger partial charge >= 0.3 is 0 Å². The molecule has 0 amide bonds. The minimum absolute atomic E-state index is 0.0165. The minimum atomic E-state index is -0.0165. The van der Waals surface area contributed by atoms with Gasteiger partial charge in [0.1, 0.15) is 5.82 Å². The number of rotatable bonds is 5. The summed E-state index contributed by atoms with van der Waals surface area (Å²) in [6.07, 6.45) is 6.15. The van der Waals surface area contributed by atoms with E-state index in [4.69, 9.17) is 10.7 Å². The van der Waals surface area contributed by atoms with Gasteiger partial charge in [-0.25, -0.2) is 10.4 Å². The number of nitrogens with two attached hydrogens (primary N) is 1. The van der Waals surface area contributed by atoms with Crippen LogP contribution in [0.1, 0.15) is 45.9 Å². The second-order valence-corrected chi connectivity index (χ2v) is 8.28. The Labute approximate surface area is 181 Å². The number of hydrogen-bond acceptors (Lipinski definition) is 7. The van der Waals surface area contributed by atoms with Crippen molar-refractivity contribution in [3.63, 3.8) is 0 Å². The number of carbonyl (C=O) groups is 1. The first kappa shape index (κ1) is 19.7. The predicted octanol–water partition coefficient (Wildman–Crippen LogP) is 1.99. The van der Waals surface area contributed by atoms with Crippen molar-refractivity contribution in [2.24, 2.45) is 0 Å². The van der Waals surface area contributed by atoms with Crippen molar-refractivity contribution in [2.75, 3.05) is 32.4 Å². The molecule has 0 bridgehead atoms. The molecule has 8 nitrogen and oxygen atoms in total. The summed E-state index contributed by atoms with van der Waals surface area (Å²) >= 11 is 0. The predicted molar refractivity (Wildman–Crippen MR) is 120 cm³/mol. The highest BCUT2D eigenvalue weighted by Gasteiger charge is 2.29. The van der Waals surface area contributed by atoms with Crippen LogP contribution in [0.2, 0.25) is 0 Å². The molecule has 2 aliphatic heterocycles. The first-order valence-electron chi connectivity index (χ1n) is 10.7. The van der Waals surface area contributed by atoms with Crippen LogP contribution in [-0.2, 0) is 6.42 Å². The molecule has 0 radical (unpaired) electrons. The van der Waals surface area contributed by atoms with Gasteiger partial charge in [0, 0.05) is 44.2 Å². The normalized spacial score (nSPS) is 19.1. The average Bonchev–Trinajstić information content (AvgIpc) is 3.41. The summed E-state index contributed by atoms with van der Waals surface area (Å²) in [5.74, 6) is 0.506. The van der Waals surface area contributed by atoms with Crippen molar-refractivity contribution in [3.8, 4) is 0 Å². The van der Waals surface area contributed by atoms with Crippen molar-refractivity contribution in [1.82, 2.24) is 30.3 Å². The van der Waals surface area contributed by atoms with Crippen molar-refractivity contribution < 1.29 is 4.79 Å². The van der Waals surface area contributed by atoms with Crippen LogP contribution in [0.15, 0.2) is 42.7 Å². The van der Waals surface area contributed by atoms with Crippen LogP contribution in [0.4, 0.5) is 5.82 Å². The summed E-state index contributed by atoms with van der Waals surface area (Å²) in [5.41, 5.74) is 14.9. The zero-order chi connectivity index (χ0) is 21.4. The summed E-state index contributed by atoms with van der Waals surface area (Å²) in [6, 6.07) is 9.76. The molecule has 5 rings (SSSR count). The average molecular weight is 418 g/mol. The van der Waals surface area contributed by atoms with Gasteiger partial charge in [-0.3, -0.25) is 4.79 Å². The van der Waals surface area contributed by atoms with Crippen molar-refractivity contribution in [3.05, 3.63) is 65.1 Å². The van der Waals surface area contributed by atoms with E-state index in [1.165, 1.54) is 0 Å². The summed E-state index contributed by atoms with van der Waals surface area (Å²) in [7, 11) is 1.96. The van der Waals surface area contributed by atoms with Gasteiger partial charge in [-0.2, -0.15) is 9.61 Å². The van der Waals surface area contributed by atoms with Gasteiger partial charge in [-0.15, -0.1) is 0 Å². The van der Waals surface area contributed by atoms with Gasteiger partial charge in [-0.05, 0) is 30.5 Å². The van der Waals surface area contributed by atoms with E-state index in [2.05, 4.69) is 15.8 Å². The second-order valence-electron chi connectivity index (χ2n) is 8.28. The summed E-state index contributed by atoms with van der Waals surface area (Å²) < 4.78 is 1.62.